The second-order valence-corrected chi connectivity index (χ2v) is 4.98. The van der Waals surface area contributed by atoms with Crippen molar-refractivity contribution < 1.29 is 4.68 Å². The molecule has 2 rings (SSSR count). The van der Waals surface area contributed by atoms with Gasteiger partial charge >= 0.3 is 0 Å². The van der Waals surface area contributed by atoms with Crippen molar-refractivity contribution in [2.45, 2.75) is 52.1 Å². The lowest BCUT2D eigenvalue weighted by molar-refractivity contribution is -0.781. The topological polar surface area (TPSA) is 21.7 Å². The van der Waals surface area contributed by atoms with E-state index in [-0.39, 0.29) is 5.41 Å². The van der Waals surface area contributed by atoms with Crippen LogP contribution in [0, 0.1) is 0 Å². The van der Waals surface area contributed by atoms with Gasteiger partial charge in [0.15, 0.2) is 6.20 Å². The third-order valence-electron chi connectivity index (χ3n) is 2.71. The number of rotatable bonds is 0. The van der Waals surface area contributed by atoms with Crippen LogP contribution in [-0.2, 0) is 12.0 Å². The van der Waals surface area contributed by atoms with Crippen LogP contribution >= 0.6 is 0 Å². The summed E-state index contributed by atoms with van der Waals surface area (Å²) in [6.45, 7) is 9.93. The molecule has 1 aromatic rings. The van der Waals surface area contributed by atoms with Crippen LogP contribution in [-0.4, -0.2) is 9.90 Å². The second kappa shape index (κ2) is 2.56. The molecule has 72 valence electrons. The molecule has 0 saturated carbocycles. The smallest absolute Gasteiger partial charge is 0.158 e. The number of aryl methyl sites for hydroxylation is 1. The molecular weight excluding hydrogens is 162 g/mol. The fraction of sp³-hybridized carbons (Fsp3) is 0.800. The summed E-state index contributed by atoms with van der Waals surface area (Å²) in [6.07, 6.45) is 3.41. The minimum Gasteiger partial charge on any atom is -0.158 e. The maximum Gasteiger partial charge on any atom is 0.223 e. The van der Waals surface area contributed by atoms with Gasteiger partial charge in [-0.2, -0.15) is 4.68 Å². The van der Waals surface area contributed by atoms with Crippen molar-refractivity contribution in [2.75, 3.05) is 0 Å². The zero-order valence-electron chi connectivity index (χ0n) is 8.91. The average Bonchev–Trinajstić information content (AvgIpc) is 2.51. The van der Waals surface area contributed by atoms with E-state index in [1.807, 2.05) is 0 Å². The third-order valence-corrected chi connectivity index (χ3v) is 2.71. The summed E-state index contributed by atoms with van der Waals surface area (Å²) in [5, 5.41) is 4.59. The molecule has 0 aromatic carbocycles. The Balaban J connectivity index is 2.40. The van der Waals surface area contributed by atoms with Crippen LogP contribution in [0.1, 0.15) is 45.9 Å². The van der Waals surface area contributed by atoms with E-state index in [1.165, 1.54) is 12.1 Å². The molecule has 1 aliphatic heterocycles. The normalized spacial score (nSPS) is 22.0. The predicted octanol–water partition coefficient (Wildman–Crippen LogP) is 1.43. The average molecular weight is 180 g/mol. The largest absolute Gasteiger partial charge is 0.223 e. The SMILES string of the molecule is CC1CCn2nc(C(C)(C)C)c[n+]21. The molecule has 0 radical (unpaired) electrons. The predicted molar refractivity (Wildman–Crippen MR) is 50.5 cm³/mol. The van der Waals surface area contributed by atoms with E-state index in [0.29, 0.717) is 6.04 Å². The molecule has 1 aliphatic rings. The Morgan fingerprint density at radius 2 is 2.23 bits per heavy atom. The van der Waals surface area contributed by atoms with Crippen LogP contribution in [0.2, 0.25) is 0 Å². The first-order chi connectivity index (χ1) is 5.98. The fourth-order valence-corrected chi connectivity index (χ4v) is 1.69. The van der Waals surface area contributed by atoms with Crippen LogP contribution in [0.25, 0.3) is 0 Å². The van der Waals surface area contributed by atoms with Crippen LogP contribution in [0.5, 0.6) is 0 Å². The first-order valence-electron chi connectivity index (χ1n) is 4.98. The van der Waals surface area contributed by atoms with Crippen molar-refractivity contribution >= 4 is 0 Å². The fourth-order valence-electron chi connectivity index (χ4n) is 1.69. The van der Waals surface area contributed by atoms with Crippen LogP contribution in [0.15, 0.2) is 6.20 Å². The lowest BCUT2D eigenvalue weighted by Gasteiger charge is -2.08. The number of nitrogens with zero attached hydrogens (tertiary/aromatic N) is 3. The minimum absolute atomic E-state index is 0.171. The maximum absolute atomic E-state index is 4.59. The highest BCUT2D eigenvalue weighted by Gasteiger charge is 2.32. The highest BCUT2D eigenvalue weighted by molar-refractivity contribution is 5.03. The molecule has 13 heavy (non-hydrogen) atoms. The Labute approximate surface area is 79.4 Å². The van der Waals surface area contributed by atoms with Gasteiger partial charge in [-0.25, -0.2) is 0 Å². The number of aromatic nitrogens is 3. The van der Waals surface area contributed by atoms with Gasteiger partial charge in [0.2, 0.25) is 5.69 Å². The Morgan fingerprint density at radius 3 is 2.77 bits per heavy atom. The Bertz CT molecular complexity index is 319. The molecule has 2 heterocycles. The first-order valence-corrected chi connectivity index (χ1v) is 4.98. The summed E-state index contributed by atoms with van der Waals surface area (Å²) in [4.78, 5) is 2.09. The molecule has 3 heteroatoms. The van der Waals surface area contributed by atoms with Crippen molar-refractivity contribution in [3.63, 3.8) is 0 Å². The molecule has 0 N–H and O–H groups in total. The van der Waals surface area contributed by atoms with E-state index in [1.54, 1.807) is 0 Å². The van der Waals surface area contributed by atoms with Gasteiger partial charge in [-0.3, -0.25) is 0 Å². The van der Waals surface area contributed by atoms with Crippen molar-refractivity contribution in [2.24, 2.45) is 0 Å². The molecule has 0 bridgehead atoms. The summed E-state index contributed by atoms with van der Waals surface area (Å²) in [6, 6.07) is 0.614. The molecular formula is C10H18N3+. The van der Waals surface area contributed by atoms with E-state index in [2.05, 4.69) is 48.5 Å². The lowest BCUT2D eigenvalue weighted by atomic mass is 9.93. The van der Waals surface area contributed by atoms with Crippen molar-refractivity contribution in [3.05, 3.63) is 11.9 Å². The Kier molecular flexibility index (Phi) is 1.72. The standard InChI is InChI=1S/C10H18N3/c1-8-5-6-13-11-9(7-12(8)13)10(2,3)4/h7-8H,5-6H2,1-4H3/q+1. The molecule has 0 aliphatic carbocycles. The van der Waals surface area contributed by atoms with Gasteiger partial charge in [0, 0.05) is 16.9 Å². The Hall–Kier alpha value is -0.860. The van der Waals surface area contributed by atoms with E-state index < -0.39 is 0 Å². The van der Waals surface area contributed by atoms with E-state index >= 15 is 0 Å². The highest BCUT2D eigenvalue weighted by atomic mass is 15.6. The summed E-state index contributed by atoms with van der Waals surface area (Å²) >= 11 is 0. The van der Waals surface area contributed by atoms with Gasteiger partial charge in [-0.15, -0.1) is 0 Å². The van der Waals surface area contributed by atoms with E-state index in [4.69, 9.17) is 0 Å². The summed E-state index contributed by atoms with van der Waals surface area (Å²) in [7, 11) is 0. The van der Waals surface area contributed by atoms with Crippen LogP contribution in [0.4, 0.5) is 0 Å². The summed E-state index contributed by atoms with van der Waals surface area (Å²) < 4.78 is 2.25. The van der Waals surface area contributed by atoms with Crippen LogP contribution < -0.4 is 4.68 Å². The quantitative estimate of drug-likeness (QED) is 0.554. The van der Waals surface area contributed by atoms with Crippen LogP contribution in [0.3, 0.4) is 0 Å². The molecule has 3 nitrogen and oxygen atoms in total. The van der Waals surface area contributed by atoms with Gasteiger partial charge in [0.05, 0.1) is 0 Å². The van der Waals surface area contributed by atoms with E-state index in [0.717, 1.165) is 6.54 Å². The molecule has 1 aromatic heterocycles. The molecule has 0 saturated heterocycles. The minimum atomic E-state index is 0.171. The number of hydrogen-bond donors (Lipinski definition) is 0. The molecule has 0 fully saturated rings. The summed E-state index contributed by atoms with van der Waals surface area (Å²) in [5.74, 6) is 0. The first kappa shape index (κ1) is 8.73. The molecule has 1 unspecified atom stereocenters. The van der Waals surface area contributed by atoms with Gasteiger partial charge in [-0.1, -0.05) is 20.8 Å². The van der Waals surface area contributed by atoms with Crippen molar-refractivity contribution in [3.8, 4) is 0 Å². The number of hydrogen-bond acceptors (Lipinski definition) is 1. The highest BCUT2D eigenvalue weighted by Crippen LogP contribution is 2.20. The maximum atomic E-state index is 4.59. The zero-order valence-corrected chi connectivity index (χ0v) is 8.91. The summed E-state index contributed by atoms with van der Waals surface area (Å²) in [5.41, 5.74) is 1.36. The monoisotopic (exact) mass is 180 g/mol. The third kappa shape index (κ3) is 1.36. The van der Waals surface area contributed by atoms with Gasteiger partial charge in [0.25, 0.3) is 0 Å². The van der Waals surface area contributed by atoms with Gasteiger partial charge in [0.1, 0.15) is 12.6 Å². The zero-order chi connectivity index (χ0) is 9.64. The van der Waals surface area contributed by atoms with Crippen molar-refractivity contribution in [1.82, 2.24) is 9.90 Å². The van der Waals surface area contributed by atoms with Crippen molar-refractivity contribution in [1.29, 1.82) is 0 Å². The second-order valence-electron chi connectivity index (χ2n) is 4.98. The molecule has 0 spiro atoms. The van der Waals surface area contributed by atoms with Gasteiger partial charge < -0.3 is 0 Å². The lowest BCUT2D eigenvalue weighted by Crippen LogP contribution is -2.39. The van der Waals surface area contributed by atoms with Gasteiger partial charge in [-0.05, 0) is 11.7 Å². The Morgan fingerprint density at radius 1 is 1.54 bits per heavy atom. The van der Waals surface area contributed by atoms with E-state index in [9.17, 15) is 0 Å². The molecule has 0 amide bonds. The molecule has 1 atom stereocenters. The number of fused-ring (bicyclic) bond motifs is 1.